The second-order valence-electron chi connectivity index (χ2n) is 5.95. The van der Waals surface area contributed by atoms with E-state index in [0.717, 1.165) is 32.1 Å². The molecule has 0 aromatic heterocycles. The molecule has 1 aromatic carbocycles. The first kappa shape index (κ1) is 19.9. The summed E-state index contributed by atoms with van der Waals surface area (Å²) in [7, 11) is -3.59. The van der Waals surface area contributed by atoms with E-state index in [0.29, 0.717) is 5.69 Å². The van der Waals surface area contributed by atoms with Crippen molar-refractivity contribution in [3.8, 4) is 0 Å². The second-order valence-corrected chi connectivity index (χ2v) is 7.72. The molecule has 0 bridgehead atoms. The zero-order valence-corrected chi connectivity index (χ0v) is 14.8. The van der Waals surface area contributed by atoms with Crippen molar-refractivity contribution in [2.24, 2.45) is 5.73 Å². The van der Waals surface area contributed by atoms with Crippen LogP contribution in [0, 0.1) is 0 Å². The SMILES string of the molecule is CC(=O)Nc1ccc(S(=O)(=O)NCC2(N)CCCCC2)cc1.Cl. The zero-order valence-electron chi connectivity index (χ0n) is 13.2. The number of nitrogens with one attached hydrogen (secondary N) is 2. The van der Waals surface area contributed by atoms with Crippen molar-refractivity contribution in [1.29, 1.82) is 0 Å². The first-order valence-corrected chi connectivity index (χ1v) is 8.95. The first-order valence-electron chi connectivity index (χ1n) is 7.47. The van der Waals surface area contributed by atoms with Crippen LogP contribution in [0.4, 0.5) is 5.69 Å². The van der Waals surface area contributed by atoms with E-state index >= 15 is 0 Å². The minimum absolute atomic E-state index is 0. The number of carbonyl (C=O) groups is 1. The van der Waals surface area contributed by atoms with Crippen molar-refractivity contribution in [2.45, 2.75) is 49.5 Å². The van der Waals surface area contributed by atoms with Gasteiger partial charge >= 0.3 is 0 Å². The molecule has 4 N–H and O–H groups in total. The molecule has 1 aliphatic rings. The predicted octanol–water partition coefficient (Wildman–Crippen LogP) is 2.01. The molecule has 2 rings (SSSR count). The van der Waals surface area contributed by atoms with Gasteiger partial charge in [-0.15, -0.1) is 12.4 Å². The number of sulfonamides is 1. The van der Waals surface area contributed by atoms with Crippen LogP contribution in [0.5, 0.6) is 0 Å². The molecule has 0 radical (unpaired) electrons. The molecule has 1 aliphatic carbocycles. The van der Waals surface area contributed by atoms with Crippen molar-refractivity contribution in [1.82, 2.24) is 4.72 Å². The van der Waals surface area contributed by atoms with E-state index < -0.39 is 15.6 Å². The number of carbonyl (C=O) groups excluding carboxylic acids is 1. The monoisotopic (exact) mass is 361 g/mol. The van der Waals surface area contributed by atoms with Gasteiger partial charge < -0.3 is 11.1 Å². The largest absolute Gasteiger partial charge is 0.326 e. The van der Waals surface area contributed by atoms with Gasteiger partial charge in [0.25, 0.3) is 0 Å². The van der Waals surface area contributed by atoms with Crippen molar-refractivity contribution in [3.05, 3.63) is 24.3 Å². The summed E-state index contributed by atoms with van der Waals surface area (Å²) in [6.07, 6.45) is 4.94. The van der Waals surface area contributed by atoms with E-state index in [1.54, 1.807) is 12.1 Å². The molecular formula is C15H24ClN3O3S. The normalized spacial score (nSPS) is 17.1. The zero-order chi connectivity index (χ0) is 16.2. The molecule has 1 aromatic rings. The molecule has 23 heavy (non-hydrogen) atoms. The minimum atomic E-state index is -3.59. The smallest absolute Gasteiger partial charge is 0.240 e. The van der Waals surface area contributed by atoms with Gasteiger partial charge in [-0.25, -0.2) is 13.1 Å². The van der Waals surface area contributed by atoms with Gasteiger partial charge in [-0.1, -0.05) is 19.3 Å². The lowest BCUT2D eigenvalue weighted by molar-refractivity contribution is -0.114. The molecular weight excluding hydrogens is 338 g/mol. The van der Waals surface area contributed by atoms with E-state index in [9.17, 15) is 13.2 Å². The van der Waals surface area contributed by atoms with E-state index in [4.69, 9.17) is 5.73 Å². The molecule has 1 amide bonds. The van der Waals surface area contributed by atoms with Crippen LogP contribution < -0.4 is 15.8 Å². The Bertz CT molecular complexity index is 626. The number of hydrogen-bond acceptors (Lipinski definition) is 4. The van der Waals surface area contributed by atoms with E-state index in [-0.39, 0.29) is 29.8 Å². The summed E-state index contributed by atoms with van der Waals surface area (Å²) in [5.41, 5.74) is 6.37. The number of nitrogens with two attached hydrogens (primary N) is 1. The van der Waals surface area contributed by atoms with E-state index in [1.807, 2.05) is 0 Å². The Morgan fingerprint density at radius 3 is 2.26 bits per heavy atom. The third kappa shape index (κ3) is 5.76. The fraction of sp³-hybridized carbons (Fsp3) is 0.533. The minimum Gasteiger partial charge on any atom is -0.326 e. The van der Waals surface area contributed by atoms with Crippen molar-refractivity contribution < 1.29 is 13.2 Å². The van der Waals surface area contributed by atoms with Crippen LogP contribution in [-0.4, -0.2) is 26.4 Å². The third-order valence-corrected chi connectivity index (χ3v) is 5.37. The summed E-state index contributed by atoms with van der Waals surface area (Å²) >= 11 is 0. The van der Waals surface area contributed by atoms with Gasteiger partial charge in [0, 0.05) is 24.7 Å². The molecule has 1 saturated carbocycles. The number of amides is 1. The number of halogens is 1. The standard InChI is InChI=1S/C15H23N3O3S.ClH/c1-12(19)18-13-5-7-14(8-6-13)22(20,21)17-11-15(16)9-3-2-4-10-15;/h5-8,17H,2-4,9-11,16H2,1H3,(H,18,19);1H. The third-order valence-electron chi connectivity index (χ3n) is 3.95. The van der Waals surface area contributed by atoms with Gasteiger partial charge in [0.05, 0.1) is 4.90 Å². The summed E-state index contributed by atoms with van der Waals surface area (Å²) in [5.74, 6) is -0.198. The van der Waals surface area contributed by atoms with Crippen LogP contribution in [-0.2, 0) is 14.8 Å². The Labute approximate surface area is 143 Å². The van der Waals surface area contributed by atoms with Gasteiger partial charge in [0.1, 0.15) is 0 Å². The van der Waals surface area contributed by atoms with Gasteiger partial charge in [-0.05, 0) is 37.1 Å². The lowest BCUT2D eigenvalue weighted by atomic mass is 9.83. The first-order chi connectivity index (χ1) is 10.3. The Kier molecular flexibility index (Phi) is 7.01. The molecule has 0 aliphatic heterocycles. The average molecular weight is 362 g/mol. The van der Waals surface area contributed by atoms with Crippen LogP contribution >= 0.6 is 12.4 Å². The molecule has 0 heterocycles. The number of anilines is 1. The van der Waals surface area contributed by atoms with E-state index in [2.05, 4.69) is 10.0 Å². The molecule has 0 unspecified atom stereocenters. The van der Waals surface area contributed by atoms with Gasteiger partial charge in [0.2, 0.25) is 15.9 Å². The summed E-state index contributed by atoms with van der Waals surface area (Å²) in [6.45, 7) is 1.65. The Morgan fingerprint density at radius 2 is 1.74 bits per heavy atom. The summed E-state index contributed by atoms with van der Waals surface area (Å²) in [4.78, 5) is 11.1. The predicted molar refractivity (Wildman–Crippen MR) is 93.2 cm³/mol. The number of hydrogen-bond donors (Lipinski definition) is 3. The highest BCUT2D eigenvalue weighted by Gasteiger charge is 2.29. The van der Waals surface area contributed by atoms with Crippen LogP contribution in [0.3, 0.4) is 0 Å². The van der Waals surface area contributed by atoms with Crippen LogP contribution in [0.25, 0.3) is 0 Å². The van der Waals surface area contributed by atoms with Gasteiger partial charge in [-0.2, -0.15) is 0 Å². The van der Waals surface area contributed by atoms with Crippen LogP contribution in [0.2, 0.25) is 0 Å². The maximum Gasteiger partial charge on any atom is 0.240 e. The van der Waals surface area contributed by atoms with Gasteiger partial charge in [-0.3, -0.25) is 4.79 Å². The number of rotatable bonds is 5. The highest BCUT2D eigenvalue weighted by molar-refractivity contribution is 7.89. The maximum absolute atomic E-state index is 12.3. The fourth-order valence-corrected chi connectivity index (χ4v) is 3.81. The molecule has 0 atom stereocenters. The summed E-state index contributed by atoms with van der Waals surface area (Å²) in [6, 6.07) is 6.07. The molecule has 0 spiro atoms. The lowest BCUT2D eigenvalue weighted by Gasteiger charge is -2.33. The quantitative estimate of drug-likeness (QED) is 0.746. The topological polar surface area (TPSA) is 101 Å². The Morgan fingerprint density at radius 1 is 1.17 bits per heavy atom. The number of benzene rings is 1. The summed E-state index contributed by atoms with van der Waals surface area (Å²) < 4.78 is 27.2. The molecule has 130 valence electrons. The van der Waals surface area contributed by atoms with E-state index in [1.165, 1.54) is 19.1 Å². The van der Waals surface area contributed by atoms with Crippen molar-refractivity contribution in [2.75, 3.05) is 11.9 Å². The van der Waals surface area contributed by atoms with Gasteiger partial charge in [0.15, 0.2) is 0 Å². The Hall–Kier alpha value is -1.15. The van der Waals surface area contributed by atoms with Crippen molar-refractivity contribution >= 4 is 34.0 Å². The van der Waals surface area contributed by atoms with Crippen molar-refractivity contribution in [3.63, 3.8) is 0 Å². The maximum atomic E-state index is 12.3. The molecule has 8 heteroatoms. The fourth-order valence-electron chi connectivity index (χ4n) is 2.68. The molecule has 6 nitrogen and oxygen atoms in total. The highest BCUT2D eigenvalue weighted by Crippen LogP contribution is 2.25. The lowest BCUT2D eigenvalue weighted by Crippen LogP contribution is -2.51. The van der Waals surface area contributed by atoms with Crippen LogP contribution in [0.15, 0.2) is 29.2 Å². The highest BCUT2D eigenvalue weighted by atomic mass is 35.5. The average Bonchev–Trinajstić information content (AvgIpc) is 2.46. The molecule has 1 fully saturated rings. The van der Waals surface area contributed by atoms with Crippen LogP contribution in [0.1, 0.15) is 39.0 Å². The second kappa shape index (κ2) is 8.10. The summed E-state index contributed by atoms with van der Waals surface area (Å²) in [5, 5.41) is 2.60. The molecule has 0 saturated heterocycles. The Balaban J connectivity index is 0.00000264.